The molecule has 0 spiro atoms. The second kappa shape index (κ2) is 6.91. The maximum Gasteiger partial charge on any atom is 0.231 e. The van der Waals surface area contributed by atoms with E-state index in [-0.39, 0.29) is 18.3 Å². The summed E-state index contributed by atoms with van der Waals surface area (Å²) in [6.07, 6.45) is 0.905. The fourth-order valence-corrected chi connectivity index (χ4v) is 2.19. The molecular formula is C14H17F3N2O2. The van der Waals surface area contributed by atoms with Crippen LogP contribution in [0.25, 0.3) is 0 Å². The number of ether oxygens (including phenoxy) is 1. The van der Waals surface area contributed by atoms with Gasteiger partial charge >= 0.3 is 0 Å². The molecule has 0 aromatic heterocycles. The third kappa shape index (κ3) is 3.74. The van der Waals surface area contributed by atoms with Crippen LogP contribution < -0.4 is 10.6 Å². The molecule has 21 heavy (non-hydrogen) atoms. The minimum Gasteiger partial charge on any atom is -0.379 e. The Labute approximate surface area is 120 Å². The summed E-state index contributed by atoms with van der Waals surface area (Å²) in [5.74, 6) is -4.50. The highest BCUT2D eigenvalue weighted by molar-refractivity contribution is 5.93. The zero-order chi connectivity index (χ0) is 15.4. The molecule has 2 rings (SSSR count). The first-order chi connectivity index (χ1) is 10.0. The van der Waals surface area contributed by atoms with Gasteiger partial charge in [0.1, 0.15) is 5.82 Å². The molecule has 1 amide bonds. The van der Waals surface area contributed by atoms with Crippen LogP contribution >= 0.6 is 0 Å². The van der Waals surface area contributed by atoms with Gasteiger partial charge in [0.2, 0.25) is 5.91 Å². The van der Waals surface area contributed by atoms with Crippen LogP contribution in [-0.2, 0) is 9.53 Å². The monoisotopic (exact) mass is 302 g/mol. The fraction of sp³-hybridized carbons (Fsp3) is 0.500. The molecule has 1 fully saturated rings. The van der Waals surface area contributed by atoms with Crippen molar-refractivity contribution in [1.29, 1.82) is 0 Å². The first kappa shape index (κ1) is 15.8. The number of carbonyl (C=O) groups excluding carboxylic acids is 1. The predicted molar refractivity (Wildman–Crippen MR) is 71.3 cm³/mol. The van der Waals surface area contributed by atoms with Gasteiger partial charge in [-0.15, -0.1) is 0 Å². The second-order valence-electron chi connectivity index (χ2n) is 4.94. The lowest BCUT2D eigenvalue weighted by molar-refractivity contribution is -0.120. The molecule has 2 atom stereocenters. The highest BCUT2D eigenvalue weighted by Crippen LogP contribution is 2.21. The topological polar surface area (TPSA) is 50.4 Å². The maximum absolute atomic E-state index is 13.5. The molecule has 1 aliphatic rings. The van der Waals surface area contributed by atoms with E-state index in [1.165, 1.54) is 0 Å². The smallest absolute Gasteiger partial charge is 0.231 e. The summed E-state index contributed by atoms with van der Waals surface area (Å²) in [5, 5.41) is 5.46. The molecule has 1 aliphatic heterocycles. The van der Waals surface area contributed by atoms with Gasteiger partial charge in [-0.1, -0.05) is 6.92 Å². The number of hydrogen-bond acceptors (Lipinski definition) is 3. The van der Waals surface area contributed by atoms with Gasteiger partial charge in [0.05, 0.1) is 24.8 Å². The van der Waals surface area contributed by atoms with Gasteiger partial charge in [-0.25, -0.2) is 13.2 Å². The van der Waals surface area contributed by atoms with Gasteiger partial charge in [-0.2, -0.15) is 0 Å². The Balaban J connectivity index is 2.05. The molecule has 7 heteroatoms. The summed E-state index contributed by atoms with van der Waals surface area (Å²) in [6.45, 7) is 3.32. The van der Waals surface area contributed by atoms with Crippen LogP contribution in [0.4, 0.5) is 18.9 Å². The summed E-state index contributed by atoms with van der Waals surface area (Å²) in [6, 6.07) is 0.869. The lowest BCUT2D eigenvalue weighted by Crippen LogP contribution is -2.41. The van der Waals surface area contributed by atoms with Crippen molar-refractivity contribution < 1.29 is 22.7 Å². The molecular weight excluding hydrogens is 285 g/mol. The molecule has 0 radical (unpaired) electrons. The summed E-state index contributed by atoms with van der Waals surface area (Å²) in [7, 11) is 0. The number of carbonyl (C=O) groups is 1. The van der Waals surface area contributed by atoms with Crippen LogP contribution in [0.5, 0.6) is 0 Å². The Morgan fingerprint density at radius 3 is 2.67 bits per heavy atom. The highest BCUT2D eigenvalue weighted by atomic mass is 19.2. The van der Waals surface area contributed by atoms with E-state index in [1.807, 2.05) is 6.92 Å². The summed E-state index contributed by atoms with van der Waals surface area (Å²) < 4.78 is 44.7. The van der Waals surface area contributed by atoms with E-state index in [0.717, 1.165) is 13.0 Å². The lowest BCUT2D eigenvalue weighted by atomic mass is 10.0. The quantitative estimate of drug-likeness (QED) is 0.819. The van der Waals surface area contributed by atoms with Gasteiger partial charge in [-0.3, -0.25) is 4.79 Å². The van der Waals surface area contributed by atoms with Crippen molar-refractivity contribution >= 4 is 11.6 Å². The van der Waals surface area contributed by atoms with Crippen molar-refractivity contribution in [3.05, 3.63) is 29.6 Å². The summed E-state index contributed by atoms with van der Waals surface area (Å²) in [5.41, 5.74) is -0.375. The van der Waals surface area contributed by atoms with Gasteiger partial charge in [0, 0.05) is 18.2 Å². The van der Waals surface area contributed by atoms with Gasteiger partial charge in [0.15, 0.2) is 11.6 Å². The van der Waals surface area contributed by atoms with Crippen molar-refractivity contribution in [3.8, 4) is 0 Å². The Kier molecular flexibility index (Phi) is 5.19. The molecule has 4 nitrogen and oxygen atoms in total. The van der Waals surface area contributed by atoms with E-state index in [0.29, 0.717) is 18.7 Å². The van der Waals surface area contributed by atoms with E-state index >= 15 is 0 Å². The molecule has 0 aliphatic carbocycles. The average molecular weight is 302 g/mol. The van der Waals surface area contributed by atoms with E-state index in [4.69, 9.17) is 4.74 Å². The van der Waals surface area contributed by atoms with E-state index < -0.39 is 29.3 Å². The molecule has 2 N–H and O–H groups in total. The van der Waals surface area contributed by atoms with Crippen molar-refractivity contribution in [3.63, 3.8) is 0 Å². The molecule has 1 saturated heterocycles. The van der Waals surface area contributed by atoms with E-state index in [2.05, 4.69) is 10.6 Å². The molecule has 1 aromatic rings. The summed E-state index contributed by atoms with van der Waals surface area (Å²) >= 11 is 0. The minimum absolute atomic E-state index is 0.168. The predicted octanol–water partition coefficient (Wildman–Crippen LogP) is 2.06. The van der Waals surface area contributed by atoms with Crippen LogP contribution in [0.2, 0.25) is 0 Å². The highest BCUT2D eigenvalue weighted by Gasteiger charge is 2.34. The zero-order valence-electron chi connectivity index (χ0n) is 11.6. The van der Waals surface area contributed by atoms with Crippen LogP contribution in [0.1, 0.15) is 13.3 Å². The Morgan fingerprint density at radius 1 is 1.24 bits per heavy atom. The number of amides is 1. The molecule has 116 valence electrons. The van der Waals surface area contributed by atoms with Crippen molar-refractivity contribution in [2.75, 3.05) is 25.1 Å². The number of anilines is 1. The van der Waals surface area contributed by atoms with Gasteiger partial charge in [0.25, 0.3) is 0 Å². The number of benzene rings is 1. The largest absolute Gasteiger partial charge is 0.379 e. The van der Waals surface area contributed by atoms with Gasteiger partial charge in [-0.05, 0) is 13.0 Å². The molecule has 1 heterocycles. The van der Waals surface area contributed by atoms with E-state index in [9.17, 15) is 18.0 Å². The number of hydrogen-bond donors (Lipinski definition) is 2. The van der Waals surface area contributed by atoms with Crippen LogP contribution in [0, 0.1) is 23.4 Å². The number of halogens is 3. The zero-order valence-corrected chi connectivity index (χ0v) is 11.6. The third-order valence-electron chi connectivity index (χ3n) is 3.34. The second-order valence-corrected chi connectivity index (χ2v) is 4.94. The Bertz CT molecular complexity index is 525. The average Bonchev–Trinajstić information content (AvgIpc) is 2.91. The minimum atomic E-state index is -1.29. The van der Waals surface area contributed by atoms with Crippen molar-refractivity contribution in [1.82, 2.24) is 5.32 Å². The Morgan fingerprint density at radius 2 is 1.95 bits per heavy atom. The third-order valence-corrected chi connectivity index (χ3v) is 3.34. The van der Waals surface area contributed by atoms with Crippen molar-refractivity contribution in [2.24, 2.45) is 5.92 Å². The number of nitrogens with one attached hydrogen (secondary N) is 2. The van der Waals surface area contributed by atoms with Crippen LogP contribution in [-0.4, -0.2) is 31.7 Å². The normalized spacial score (nSPS) is 21.5. The molecule has 1 aromatic carbocycles. The number of rotatable bonds is 5. The SMILES string of the molecule is CCCNC1COCC1C(=O)Nc1cc(F)c(F)cc1F. The van der Waals surface area contributed by atoms with Crippen LogP contribution in [0.15, 0.2) is 12.1 Å². The standard InChI is InChI=1S/C14H17F3N2O2/c1-2-3-18-13-7-21-6-8(13)14(20)19-12-5-10(16)9(15)4-11(12)17/h4-5,8,13,18H,2-3,6-7H2,1H3,(H,19,20). The first-order valence-electron chi connectivity index (χ1n) is 6.79. The first-order valence-corrected chi connectivity index (χ1v) is 6.79. The van der Waals surface area contributed by atoms with E-state index in [1.54, 1.807) is 0 Å². The molecule has 0 bridgehead atoms. The lowest BCUT2D eigenvalue weighted by Gasteiger charge is -2.18. The van der Waals surface area contributed by atoms with Crippen LogP contribution in [0.3, 0.4) is 0 Å². The Hall–Kier alpha value is -1.60. The van der Waals surface area contributed by atoms with Gasteiger partial charge < -0.3 is 15.4 Å². The maximum atomic E-state index is 13.5. The molecule has 2 unspecified atom stereocenters. The fourth-order valence-electron chi connectivity index (χ4n) is 2.19. The summed E-state index contributed by atoms with van der Waals surface area (Å²) in [4.78, 5) is 12.1. The van der Waals surface area contributed by atoms with Crippen molar-refractivity contribution in [2.45, 2.75) is 19.4 Å². The molecule has 0 saturated carbocycles.